The first kappa shape index (κ1) is 21.5. The Morgan fingerprint density at radius 3 is 2.35 bits per heavy atom. The van der Waals surface area contributed by atoms with Crippen molar-refractivity contribution in [2.75, 3.05) is 38.0 Å². The molecule has 0 saturated carbocycles. The molecular formula is C20H20FN5O3S2. The number of hydrogen-bond acceptors (Lipinski definition) is 7. The van der Waals surface area contributed by atoms with Crippen LogP contribution >= 0.6 is 11.3 Å². The van der Waals surface area contributed by atoms with E-state index in [4.69, 9.17) is 0 Å². The van der Waals surface area contributed by atoms with Crippen LogP contribution in [0.3, 0.4) is 0 Å². The summed E-state index contributed by atoms with van der Waals surface area (Å²) in [7, 11) is -3.68. The van der Waals surface area contributed by atoms with Gasteiger partial charge in [0.1, 0.15) is 10.8 Å². The maximum Gasteiger partial charge on any atom is 0.243 e. The highest BCUT2D eigenvalue weighted by Crippen LogP contribution is 2.26. The molecule has 1 amide bonds. The van der Waals surface area contributed by atoms with Crippen LogP contribution in [-0.4, -0.2) is 66.5 Å². The number of piperazine rings is 1. The standard InChI is InChI=1S/C20H20FN5O3S2/c21-16-6-8-17(9-7-16)31(28,29)26-12-10-25(11-13-26)14-18(27)22-20-24-23-19(30-20)15-4-2-1-3-5-15/h1-9H,10-14H2,(H,22,24,27). The number of carbonyl (C=O) groups is 1. The number of amides is 1. The van der Waals surface area contributed by atoms with Gasteiger partial charge in [0, 0.05) is 31.7 Å². The summed E-state index contributed by atoms with van der Waals surface area (Å²) >= 11 is 1.29. The van der Waals surface area contributed by atoms with Gasteiger partial charge in [-0.2, -0.15) is 4.31 Å². The van der Waals surface area contributed by atoms with E-state index in [0.717, 1.165) is 22.7 Å². The maximum absolute atomic E-state index is 13.1. The summed E-state index contributed by atoms with van der Waals surface area (Å²) in [6, 6.07) is 14.4. The first-order valence-corrected chi connectivity index (χ1v) is 11.8. The van der Waals surface area contributed by atoms with E-state index in [9.17, 15) is 17.6 Å². The average molecular weight is 462 g/mol. The van der Waals surface area contributed by atoms with E-state index >= 15 is 0 Å². The molecule has 0 aliphatic carbocycles. The van der Waals surface area contributed by atoms with Gasteiger partial charge in [-0.25, -0.2) is 12.8 Å². The van der Waals surface area contributed by atoms with E-state index in [1.807, 2.05) is 35.2 Å². The number of carbonyl (C=O) groups excluding carboxylic acids is 1. The summed E-state index contributed by atoms with van der Waals surface area (Å²) < 4.78 is 39.8. The Kier molecular flexibility index (Phi) is 6.37. The highest BCUT2D eigenvalue weighted by atomic mass is 32.2. The lowest BCUT2D eigenvalue weighted by molar-refractivity contribution is -0.117. The van der Waals surface area contributed by atoms with Gasteiger partial charge in [-0.15, -0.1) is 10.2 Å². The van der Waals surface area contributed by atoms with Crippen LogP contribution in [0.15, 0.2) is 59.5 Å². The first-order chi connectivity index (χ1) is 14.9. The third kappa shape index (κ3) is 5.13. The molecule has 1 fully saturated rings. The topological polar surface area (TPSA) is 95.5 Å². The molecule has 31 heavy (non-hydrogen) atoms. The quantitative estimate of drug-likeness (QED) is 0.605. The van der Waals surface area contributed by atoms with E-state index in [0.29, 0.717) is 18.2 Å². The van der Waals surface area contributed by atoms with Crippen LogP contribution in [0.2, 0.25) is 0 Å². The number of hydrogen-bond donors (Lipinski definition) is 1. The predicted molar refractivity (Wildman–Crippen MR) is 116 cm³/mol. The van der Waals surface area contributed by atoms with E-state index in [2.05, 4.69) is 15.5 Å². The highest BCUT2D eigenvalue weighted by molar-refractivity contribution is 7.89. The van der Waals surface area contributed by atoms with Crippen molar-refractivity contribution in [3.8, 4) is 10.6 Å². The molecule has 162 valence electrons. The minimum Gasteiger partial charge on any atom is -0.299 e. The van der Waals surface area contributed by atoms with Crippen LogP contribution in [0.5, 0.6) is 0 Å². The summed E-state index contributed by atoms with van der Waals surface area (Å²) in [4.78, 5) is 14.3. The zero-order valence-electron chi connectivity index (χ0n) is 16.4. The summed E-state index contributed by atoms with van der Waals surface area (Å²) in [5.41, 5.74) is 0.930. The van der Waals surface area contributed by atoms with Gasteiger partial charge in [0.2, 0.25) is 21.1 Å². The van der Waals surface area contributed by atoms with Crippen LogP contribution in [0, 0.1) is 5.82 Å². The largest absolute Gasteiger partial charge is 0.299 e. The van der Waals surface area contributed by atoms with E-state index < -0.39 is 15.8 Å². The molecule has 0 radical (unpaired) electrons. The molecule has 0 bridgehead atoms. The molecule has 1 N–H and O–H groups in total. The van der Waals surface area contributed by atoms with Crippen molar-refractivity contribution in [1.29, 1.82) is 0 Å². The number of nitrogens with one attached hydrogen (secondary N) is 1. The van der Waals surface area contributed by atoms with Gasteiger partial charge >= 0.3 is 0 Å². The highest BCUT2D eigenvalue weighted by Gasteiger charge is 2.29. The summed E-state index contributed by atoms with van der Waals surface area (Å²) in [5, 5.41) is 12.0. The fourth-order valence-corrected chi connectivity index (χ4v) is 5.40. The lowest BCUT2D eigenvalue weighted by Gasteiger charge is -2.33. The van der Waals surface area contributed by atoms with Crippen molar-refractivity contribution in [3.05, 3.63) is 60.4 Å². The number of anilines is 1. The monoisotopic (exact) mass is 461 g/mol. The second-order valence-electron chi connectivity index (χ2n) is 6.96. The smallest absolute Gasteiger partial charge is 0.243 e. The molecular weight excluding hydrogens is 441 g/mol. The minimum absolute atomic E-state index is 0.0607. The third-order valence-electron chi connectivity index (χ3n) is 4.84. The predicted octanol–water partition coefficient (Wildman–Crippen LogP) is 2.29. The van der Waals surface area contributed by atoms with Gasteiger partial charge in [-0.05, 0) is 24.3 Å². The van der Waals surface area contributed by atoms with Gasteiger partial charge in [0.15, 0.2) is 0 Å². The number of halogens is 1. The minimum atomic E-state index is -3.68. The van der Waals surface area contributed by atoms with E-state index in [-0.39, 0.29) is 30.4 Å². The molecule has 8 nitrogen and oxygen atoms in total. The molecule has 2 aromatic carbocycles. The Balaban J connectivity index is 1.29. The Bertz CT molecular complexity index is 1150. The average Bonchev–Trinajstić information content (AvgIpc) is 3.23. The van der Waals surface area contributed by atoms with Crippen molar-refractivity contribution < 1.29 is 17.6 Å². The number of nitrogens with zero attached hydrogens (tertiary/aromatic N) is 4. The third-order valence-corrected chi connectivity index (χ3v) is 7.64. The van der Waals surface area contributed by atoms with Gasteiger partial charge < -0.3 is 0 Å². The summed E-state index contributed by atoms with van der Waals surface area (Å²) in [6.45, 7) is 1.47. The zero-order chi connectivity index (χ0) is 21.8. The Morgan fingerprint density at radius 2 is 1.68 bits per heavy atom. The van der Waals surface area contributed by atoms with Gasteiger partial charge in [-0.3, -0.25) is 15.0 Å². The molecule has 0 unspecified atom stereocenters. The summed E-state index contributed by atoms with van der Waals surface area (Å²) in [6.07, 6.45) is 0. The van der Waals surface area contributed by atoms with Gasteiger partial charge in [0.25, 0.3) is 0 Å². The van der Waals surface area contributed by atoms with E-state index in [1.54, 1.807) is 0 Å². The molecule has 1 aromatic heterocycles. The lowest BCUT2D eigenvalue weighted by atomic mass is 10.2. The van der Waals surface area contributed by atoms with Crippen molar-refractivity contribution in [2.24, 2.45) is 0 Å². The van der Waals surface area contributed by atoms with Crippen LogP contribution in [0.1, 0.15) is 0 Å². The molecule has 1 aliphatic heterocycles. The van der Waals surface area contributed by atoms with Crippen molar-refractivity contribution in [2.45, 2.75) is 4.90 Å². The van der Waals surface area contributed by atoms with Crippen molar-refractivity contribution >= 4 is 32.4 Å². The Labute approximate surface area is 183 Å². The normalized spacial score (nSPS) is 15.6. The molecule has 0 spiro atoms. The molecule has 1 saturated heterocycles. The molecule has 4 rings (SSSR count). The van der Waals surface area contributed by atoms with Crippen molar-refractivity contribution in [3.63, 3.8) is 0 Å². The molecule has 1 aliphatic rings. The number of sulfonamides is 1. The Morgan fingerprint density at radius 1 is 1.00 bits per heavy atom. The van der Waals surface area contributed by atoms with Crippen LogP contribution in [0.4, 0.5) is 9.52 Å². The fourth-order valence-electron chi connectivity index (χ4n) is 3.22. The van der Waals surface area contributed by atoms with Crippen molar-refractivity contribution in [1.82, 2.24) is 19.4 Å². The molecule has 2 heterocycles. The molecule has 0 atom stereocenters. The number of benzene rings is 2. The Hall–Kier alpha value is -2.73. The van der Waals surface area contributed by atoms with Gasteiger partial charge in [-0.1, -0.05) is 41.7 Å². The SMILES string of the molecule is O=C(CN1CCN(S(=O)(=O)c2ccc(F)cc2)CC1)Nc1nnc(-c2ccccc2)s1. The van der Waals surface area contributed by atoms with E-state index in [1.165, 1.54) is 27.8 Å². The maximum atomic E-state index is 13.1. The molecule has 11 heteroatoms. The first-order valence-electron chi connectivity index (χ1n) is 9.59. The lowest BCUT2D eigenvalue weighted by Crippen LogP contribution is -2.50. The van der Waals surface area contributed by atoms with Gasteiger partial charge in [0.05, 0.1) is 11.4 Å². The van der Waals surface area contributed by atoms with Crippen LogP contribution < -0.4 is 5.32 Å². The zero-order valence-corrected chi connectivity index (χ0v) is 18.1. The van der Waals surface area contributed by atoms with Crippen LogP contribution in [-0.2, 0) is 14.8 Å². The second-order valence-corrected chi connectivity index (χ2v) is 9.88. The summed E-state index contributed by atoms with van der Waals surface area (Å²) in [5.74, 6) is -0.716. The number of rotatable bonds is 6. The molecule has 3 aromatic rings. The second kappa shape index (κ2) is 9.18. The van der Waals surface area contributed by atoms with Crippen LogP contribution in [0.25, 0.3) is 10.6 Å². The fraction of sp³-hybridized carbons (Fsp3) is 0.250. The number of aromatic nitrogens is 2.